The number of nitrogen functional groups attached to an aromatic ring is 1. The van der Waals surface area contributed by atoms with Gasteiger partial charge in [-0.1, -0.05) is 18.3 Å². The van der Waals surface area contributed by atoms with Crippen LogP contribution in [0.4, 0.5) is 11.5 Å². The molecule has 4 aromatic rings. The van der Waals surface area contributed by atoms with Crippen LogP contribution in [-0.2, 0) is 53.0 Å². The molecule has 0 saturated carbocycles. The molecule has 1 saturated heterocycles. The van der Waals surface area contributed by atoms with Gasteiger partial charge in [-0.25, -0.2) is 27.9 Å². The molecular weight excluding hydrogens is 957 g/mol. The third-order valence-corrected chi connectivity index (χ3v) is 14.3. The number of phosphoric ester groups is 1. The molecule has 9 N–H and O–H groups in total. The topological polar surface area (TPSA) is 371 Å². The number of carbonyl (C=O) groups is 1. The highest BCUT2D eigenvalue weighted by Crippen LogP contribution is 2.66. The number of rotatable bonds is 22. The number of carbonyl (C=O) groups excluding carboxylic acids is 1. The molecule has 66 heavy (non-hydrogen) atoms. The van der Waals surface area contributed by atoms with Crippen molar-refractivity contribution in [1.82, 2.24) is 14.9 Å². The van der Waals surface area contributed by atoms with Crippen molar-refractivity contribution in [3.8, 4) is 23.0 Å². The van der Waals surface area contributed by atoms with E-state index in [0.29, 0.717) is 42.8 Å². The molecule has 3 aromatic heterocycles. The van der Waals surface area contributed by atoms with Crippen LogP contribution in [0, 0.1) is 11.8 Å². The summed E-state index contributed by atoms with van der Waals surface area (Å²) >= 11 is 0. The predicted octanol–water partition coefficient (Wildman–Crippen LogP) is 1.71. The standard InChI is InChI=1S/C37H47N6O19P3S/c1-2-42(28-11-10-26-20-29(36(46)60-31(26)21-28)25-12-17-41(18-13-25)15-7-19-66(55,56)57)16-5-3-4-9-33(45)39-14-6-8-27-23-43(37(47)40-35(27)38)34-22-30(44)32(59-34)24-58-64(51,52)62-65(53,54)61-63(48,49)50/h10-13,17-18,20-21,23,30,32,34,44H,2-5,7,9,14-16,19,22,24H2,1H3,(H7-,38,39,40,45,47,48,49,50,51,52,53,54,55,56,57)/p+1/t30-,32+,34+/m0/s1. The smallest absolute Gasteiger partial charge is 0.422 e. The molecule has 360 valence electrons. The number of hydrogen-bond acceptors (Lipinski definition) is 17. The van der Waals surface area contributed by atoms with Crippen molar-refractivity contribution in [3.63, 3.8) is 0 Å². The van der Waals surface area contributed by atoms with Gasteiger partial charge in [0.1, 0.15) is 30.3 Å². The van der Waals surface area contributed by atoms with Crippen molar-refractivity contribution in [2.45, 2.75) is 70.4 Å². The molecule has 1 aliphatic heterocycles. The lowest BCUT2D eigenvalue weighted by Gasteiger charge is -2.23. The van der Waals surface area contributed by atoms with E-state index in [9.17, 15) is 51.4 Å². The van der Waals surface area contributed by atoms with Gasteiger partial charge < -0.3 is 49.8 Å². The number of hydrogen-bond donors (Lipinski definition) is 8. The summed E-state index contributed by atoms with van der Waals surface area (Å²) in [4.78, 5) is 80.3. The summed E-state index contributed by atoms with van der Waals surface area (Å²) in [6, 6.07) is 10.8. The number of phosphoric acid groups is 3. The van der Waals surface area contributed by atoms with Crippen molar-refractivity contribution in [2.75, 3.05) is 42.6 Å². The minimum absolute atomic E-state index is 0.0644. The van der Waals surface area contributed by atoms with E-state index in [-0.39, 0.29) is 48.8 Å². The van der Waals surface area contributed by atoms with Crippen LogP contribution >= 0.6 is 23.5 Å². The summed E-state index contributed by atoms with van der Waals surface area (Å²) in [7, 11) is -20.9. The molecule has 1 fully saturated rings. The van der Waals surface area contributed by atoms with Gasteiger partial charge in [-0.2, -0.15) is 22.0 Å². The van der Waals surface area contributed by atoms with Crippen molar-refractivity contribution in [2.24, 2.45) is 0 Å². The maximum absolute atomic E-state index is 13.0. The Morgan fingerprint density at radius 3 is 2.45 bits per heavy atom. The van der Waals surface area contributed by atoms with Crippen LogP contribution in [-0.4, -0.2) is 97.3 Å². The predicted molar refractivity (Wildman–Crippen MR) is 233 cm³/mol. The lowest BCUT2D eigenvalue weighted by atomic mass is 10.1. The molecule has 1 amide bonds. The molecule has 25 nitrogen and oxygen atoms in total. The number of aromatic nitrogens is 3. The molecule has 0 bridgehead atoms. The minimum atomic E-state index is -5.77. The lowest BCUT2D eigenvalue weighted by Crippen LogP contribution is -2.33. The Morgan fingerprint density at radius 2 is 1.77 bits per heavy atom. The average Bonchev–Trinajstić information content (AvgIpc) is 3.58. The second-order valence-corrected chi connectivity index (χ2v) is 20.6. The fourth-order valence-corrected chi connectivity index (χ4v) is 10.1. The zero-order chi connectivity index (χ0) is 48.5. The molecule has 2 unspecified atom stereocenters. The van der Waals surface area contributed by atoms with Crippen LogP contribution in [0.5, 0.6) is 0 Å². The second kappa shape index (κ2) is 22.4. The van der Waals surface area contributed by atoms with Crippen LogP contribution in [0.2, 0.25) is 0 Å². The number of aryl methyl sites for hydroxylation is 1. The number of amides is 1. The summed E-state index contributed by atoms with van der Waals surface area (Å²) in [6.07, 6.45) is 2.86. The van der Waals surface area contributed by atoms with Crippen LogP contribution in [0.25, 0.3) is 22.1 Å². The van der Waals surface area contributed by atoms with Gasteiger partial charge in [-0.15, -0.1) is 0 Å². The van der Waals surface area contributed by atoms with E-state index in [1.807, 2.05) is 25.1 Å². The van der Waals surface area contributed by atoms with Crippen LogP contribution in [0.15, 0.2) is 69.0 Å². The highest BCUT2D eigenvalue weighted by molar-refractivity contribution is 7.85. The molecule has 4 heterocycles. The van der Waals surface area contributed by atoms with E-state index in [2.05, 4.69) is 40.2 Å². The number of aliphatic hydroxyl groups is 1. The average molecular weight is 1010 g/mol. The minimum Gasteiger partial charge on any atom is -0.422 e. The largest absolute Gasteiger partial charge is 0.490 e. The summed E-state index contributed by atoms with van der Waals surface area (Å²) in [5, 5.41) is 13.8. The van der Waals surface area contributed by atoms with Crippen LogP contribution in [0.1, 0.15) is 57.2 Å². The normalized spacial score (nSPS) is 18.3. The van der Waals surface area contributed by atoms with Gasteiger partial charge in [0.2, 0.25) is 5.91 Å². The third kappa shape index (κ3) is 16.0. The number of aliphatic hydroxyl groups excluding tert-OH is 1. The molecular formula is C37H48N6O19P3S+. The van der Waals surface area contributed by atoms with Crippen molar-refractivity contribution < 1.29 is 83.0 Å². The van der Waals surface area contributed by atoms with Gasteiger partial charge >= 0.3 is 34.8 Å². The Bertz CT molecular complexity index is 2830. The first-order valence-corrected chi connectivity index (χ1v) is 26.1. The highest BCUT2D eigenvalue weighted by atomic mass is 32.2. The molecule has 5 atom stereocenters. The van der Waals surface area contributed by atoms with E-state index < -0.39 is 69.9 Å². The van der Waals surface area contributed by atoms with Gasteiger partial charge in [-0.05, 0) is 38.0 Å². The fourth-order valence-electron chi connectivity index (χ4n) is 6.61. The Hall–Kier alpha value is -4.67. The Kier molecular flexibility index (Phi) is 17.8. The zero-order valence-corrected chi connectivity index (χ0v) is 38.5. The van der Waals surface area contributed by atoms with Gasteiger partial charge in [0.15, 0.2) is 12.4 Å². The number of nitrogens with two attached hydrogens (primary N) is 1. The monoisotopic (exact) mass is 1010 g/mol. The first kappa shape index (κ1) is 52.3. The van der Waals surface area contributed by atoms with E-state index in [4.69, 9.17) is 29.2 Å². The number of nitrogens with one attached hydrogen (secondary N) is 1. The lowest BCUT2D eigenvalue weighted by molar-refractivity contribution is -0.696. The number of ether oxygens (including phenoxy) is 1. The van der Waals surface area contributed by atoms with Crippen molar-refractivity contribution >= 4 is 62.0 Å². The van der Waals surface area contributed by atoms with Crippen molar-refractivity contribution in [1.29, 1.82) is 0 Å². The van der Waals surface area contributed by atoms with Gasteiger partial charge in [0.25, 0.3) is 10.1 Å². The highest BCUT2D eigenvalue weighted by Gasteiger charge is 2.43. The Balaban J connectivity index is 1.06. The van der Waals surface area contributed by atoms with Crippen LogP contribution in [0.3, 0.4) is 0 Å². The van der Waals surface area contributed by atoms with E-state index in [0.717, 1.165) is 28.5 Å². The summed E-state index contributed by atoms with van der Waals surface area (Å²) < 4.78 is 91.1. The maximum atomic E-state index is 13.0. The molecule has 1 aromatic carbocycles. The molecule has 29 heteroatoms. The van der Waals surface area contributed by atoms with Crippen LogP contribution < -0.4 is 31.8 Å². The number of fused-ring (bicyclic) bond motifs is 1. The summed E-state index contributed by atoms with van der Waals surface area (Å²) in [5.74, 6) is 4.58. The quantitative estimate of drug-likeness (QED) is 0.0139. The number of unbranched alkanes of at least 4 members (excludes halogenated alkanes) is 2. The fraction of sp³-hybridized carbons (Fsp3) is 0.432. The number of benzene rings is 1. The molecule has 0 aliphatic carbocycles. The second-order valence-electron chi connectivity index (χ2n) is 14.7. The summed E-state index contributed by atoms with van der Waals surface area (Å²) in [5.41, 5.74) is 6.80. The molecule has 1 aliphatic rings. The van der Waals surface area contributed by atoms with Gasteiger partial charge in [0, 0.05) is 73.4 Å². The SMILES string of the molecule is CCN(CCCCCC(=O)NCC#Cc1cn([C@H]2C[C@H](O)[C@@H](COP(=O)(O)OP(=O)(O)OP(=O)(O)O)O2)c(=O)nc1N)c1ccc2cc(-c3cc[n+](CCCS(=O)(=O)O)cc3)c(=O)oc2c1. The van der Waals surface area contributed by atoms with Gasteiger partial charge in [0.05, 0.1) is 36.1 Å². The molecule has 0 spiro atoms. The van der Waals surface area contributed by atoms with Gasteiger partial charge in [-0.3, -0.25) is 18.4 Å². The zero-order valence-electron chi connectivity index (χ0n) is 35.0. The third-order valence-electron chi connectivity index (χ3n) is 9.73. The number of pyridine rings is 1. The van der Waals surface area contributed by atoms with E-state index in [1.165, 1.54) is 6.20 Å². The Labute approximate surface area is 376 Å². The Morgan fingerprint density at radius 1 is 1.05 bits per heavy atom. The first-order valence-electron chi connectivity index (χ1n) is 19.9. The molecule has 0 radical (unpaired) electrons. The van der Waals surface area contributed by atoms with Crippen molar-refractivity contribution in [3.05, 3.63) is 81.5 Å². The number of anilines is 2. The maximum Gasteiger partial charge on any atom is 0.490 e. The molecule has 5 rings (SSSR count). The van der Waals surface area contributed by atoms with E-state index >= 15 is 0 Å². The first-order chi connectivity index (χ1) is 30.9. The van der Waals surface area contributed by atoms with E-state index in [1.54, 1.807) is 35.2 Å². The summed E-state index contributed by atoms with van der Waals surface area (Å²) in [6.45, 7) is 2.69. The number of nitrogens with zero attached hydrogens (tertiary/aromatic N) is 4.